The van der Waals surface area contributed by atoms with Crippen molar-refractivity contribution in [3.63, 3.8) is 0 Å². The molecule has 1 nitrogen and oxygen atoms in total. The second-order valence-electron chi connectivity index (χ2n) is 2.84. The third-order valence-electron chi connectivity index (χ3n) is 1.94. The van der Waals surface area contributed by atoms with Crippen molar-refractivity contribution in [1.29, 1.82) is 0 Å². The van der Waals surface area contributed by atoms with Gasteiger partial charge in [-0.1, -0.05) is 18.2 Å². The van der Waals surface area contributed by atoms with Crippen LogP contribution >= 0.6 is 0 Å². The molecular formula is C11H9FN. The largest absolute Gasteiger partial charge is 0.228 e. The van der Waals surface area contributed by atoms with E-state index in [2.05, 4.69) is 4.98 Å². The zero-order valence-electron chi connectivity index (χ0n) is 7.07. The van der Waals surface area contributed by atoms with Crippen LogP contribution in [0.25, 0.3) is 5.57 Å². The van der Waals surface area contributed by atoms with Crippen molar-refractivity contribution in [2.75, 3.05) is 0 Å². The summed E-state index contributed by atoms with van der Waals surface area (Å²) in [4.78, 5) is 3.60. The number of hydrogen-bond acceptors (Lipinski definition) is 1. The molecule has 1 radical (unpaired) electrons. The van der Waals surface area contributed by atoms with Crippen LogP contribution in [-0.2, 0) is 0 Å². The molecule has 0 atom stereocenters. The zero-order valence-corrected chi connectivity index (χ0v) is 7.07. The molecule has 0 saturated heterocycles. The molecule has 0 aliphatic heterocycles. The van der Waals surface area contributed by atoms with Gasteiger partial charge in [0.15, 0.2) is 0 Å². The van der Waals surface area contributed by atoms with Crippen molar-refractivity contribution in [1.82, 2.24) is 4.98 Å². The Morgan fingerprint density at radius 2 is 2.31 bits per heavy atom. The van der Waals surface area contributed by atoms with Gasteiger partial charge in [0, 0.05) is 11.8 Å². The van der Waals surface area contributed by atoms with Gasteiger partial charge in [0.1, 0.15) is 0 Å². The van der Waals surface area contributed by atoms with E-state index in [1.807, 2.05) is 24.6 Å². The van der Waals surface area contributed by atoms with Crippen molar-refractivity contribution >= 4 is 5.57 Å². The first-order valence-electron chi connectivity index (χ1n) is 4.19. The van der Waals surface area contributed by atoms with Gasteiger partial charge in [-0.05, 0) is 30.5 Å². The molecule has 0 unspecified atom stereocenters. The van der Waals surface area contributed by atoms with E-state index in [4.69, 9.17) is 0 Å². The first-order valence-corrected chi connectivity index (χ1v) is 4.19. The summed E-state index contributed by atoms with van der Waals surface area (Å²) in [7, 11) is 0. The Morgan fingerprint density at radius 1 is 1.38 bits per heavy atom. The van der Waals surface area contributed by atoms with Gasteiger partial charge in [-0.2, -0.15) is 4.39 Å². The molecule has 1 aliphatic carbocycles. The van der Waals surface area contributed by atoms with Gasteiger partial charge in [-0.15, -0.1) is 0 Å². The predicted molar refractivity (Wildman–Crippen MR) is 50.2 cm³/mol. The second-order valence-corrected chi connectivity index (χ2v) is 2.84. The van der Waals surface area contributed by atoms with Crippen LogP contribution in [0.1, 0.15) is 12.0 Å². The van der Waals surface area contributed by atoms with Gasteiger partial charge in [-0.3, -0.25) is 0 Å². The summed E-state index contributed by atoms with van der Waals surface area (Å²) in [5.41, 5.74) is 1.45. The summed E-state index contributed by atoms with van der Waals surface area (Å²) in [6, 6.07) is 3.47. The van der Waals surface area contributed by atoms with Crippen LogP contribution in [0.4, 0.5) is 4.39 Å². The lowest BCUT2D eigenvalue weighted by atomic mass is 10.0. The normalized spacial score (nSPS) is 15.6. The van der Waals surface area contributed by atoms with Gasteiger partial charge in [0.25, 0.3) is 0 Å². The minimum absolute atomic E-state index is 0.409. The van der Waals surface area contributed by atoms with E-state index in [0.717, 1.165) is 12.0 Å². The Balaban J connectivity index is 2.40. The van der Waals surface area contributed by atoms with E-state index in [9.17, 15) is 4.39 Å². The van der Waals surface area contributed by atoms with Crippen molar-refractivity contribution in [2.24, 2.45) is 0 Å². The fourth-order valence-electron chi connectivity index (χ4n) is 1.31. The SMILES string of the molecule is Fc1ncccc1C1=C[CH]CC=C1. The van der Waals surface area contributed by atoms with Crippen molar-refractivity contribution in [3.05, 3.63) is 54.5 Å². The molecule has 65 valence electrons. The third-order valence-corrected chi connectivity index (χ3v) is 1.94. The van der Waals surface area contributed by atoms with Crippen LogP contribution in [-0.4, -0.2) is 4.98 Å². The fraction of sp³-hybridized carbons (Fsp3) is 0.0909. The number of pyridine rings is 1. The Morgan fingerprint density at radius 3 is 3.00 bits per heavy atom. The van der Waals surface area contributed by atoms with Crippen molar-refractivity contribution in [3.8, 4) is 0 Å². The summed E-state index contributed by atoms with van der Waals surface area (Å²) >= 11 is 0. The number of hydrogen-bond donors (Lipinski definition) is 0. The van der Waals surface area contributed by atoms with Crippen molar-refractivity contribution < 1.29 is 4.39 Å². The van der Waals surface area contributed by atoms with Gasteiger partial charge < -0.3 is 0 Å². The average Bonchev–Trinajstić information content (AvgIpc) is 2.20. The number of rotatable bonds is 1. The van der Waals surface area contributed by atoms with E-state index >= 15 is 0 Å². The highest BCUT2D eigenvalue weighted by molar-refractivity contribution is 5.75. The van der Waals surface area contributed by atoms with Gasteiger partial charge >= 0.3 is 0 Å². The maximum atomic E-state index is 13.2. The second kappa shape index (κ2) is 3.52. The number of allylic oxidation sites excluding steroid dienone is 4. The van der Waals surface area contributed by atoms with Crippen molar-refractivity contribution in [2.45, 2.75) is 6.42 Å². The number of nitrogens with zero attached hydrogens (tertiary/aromatic N) is 1. The summed E-state index contributed by atoms with van der Waals surface area (Å²) in [5.74, 6) is -0.409. The lowest BCUT2D eigenvalue weighted by molar-refractivity contribution is 0.580. The highest BCUT2D eigenvalue weighted by Gasteiger charge is 2.06. The van der Waals surface area contributed by atoms with E-state index < -0.39 is 5.95 Å². The van der Waals surface area contributed by atoms with Crippen LogP contribution in [0.3, 0.4) is 0 Å². The predicted octanol–water partition coefficient (Wildman–Crippen LogP) is 2.77. The Hall–Kier alpha value is -1.44. The number of halogens is 1. The van der Waals surface area contributed by atoms with E-state index in [-0.39, 0.29) is 0 Å². The fourth-order valence-corrected chi connectivity index (χ4v) is 1.31. The molecule has 1 aliphatic rings. The van der Waals surface area contributed by atoms with E-state index in [1.54, 1.807) is 12.1 Å². The molecule has 1 heterocycles. The molecule has 0 aromatic carbocycles. The van der Waals surface area contributed by atoms with Crippen LogP contribution in [0, 0.1) is 12.4 Å². The molecule has 1 aromatic heterocycles. The lowest BCUT2D eigenvalue weighted by Crippen LogP contribution is -1.92. The number of aromatic nitrogens is 1. The summed E-state index contributed by atoms with van der Waals surface area (Å²) < 4.78 is 13.2. The molecule has 2 rings (SSSR count). The maximum absolute atomic E-state index is 13.2. The maximum Gasteiger partial charge on any atom is 0.220 e. The van der Waals surface area contributed by atoms with Crippen LogP contribution in [0.2, 0.25) is 0 Å². The van der Waals surface area contributed by atoms with Gasteiger partial charge in [-0.25, -0.2) is 4.98 Å². The highest BCUT2D eigenvalue weighted by Crippen LogP contribution is 2.21. The molecule has 1 aromatic rings. The van der Waals surface area contributed by atoms with Gasteiger partial charge in [0.05, 0.1) is 0 Å². The average molecular weight is 174 g/mol. The summed E-state index contributed by atoms with van der Waals surface area (Å²) in [6.45, 7) is 0. The zero-order chi connectivity index (χ0) is 9.10. The monoisotopic (exact) mass is 174 g/mol. The molecule has 0 fully saturated rings. The molecular weight excluding hydrogens is 165 g/mol. The minimum atomic E-state index is -0.409. The Bertz CT molecular complexity index is 366. The molecule has 0 N–H and O–H groups in total. The standard InChI is InChI=1S/C11H9FN/c12-11-10(7-4-8-13-11)9-5-2-1-3-6-9/h2-8H,1H2. The van der Waals surface area contributed by atoms with E-state index in [1.165, 1.54) is 6.20 Å². The Kier molecular flexibility index (Phi) is 2.21. The topological polar surface area (TPSA) is 12.9 Å². The Labute approximate surface area is 76.6 Å². The molecule has 0 saturated carbocycles. The van der Waals surface area contributed by atoms with E-state index in [0.29, 0.717) is 5.56 Å². The summed E-state index contributed by atoms with van der Waals surface area (Å²) in [6.07, 6.45) is 10.2. The molecule has 0 amide bonds. The molecule has 0 spiro atoms. The van der Waals surface area contributed by atoms with Crippen LogP contribution in [0.15, 0.2) is 36.6 Å². The minimum Gasteiger partial charge on any atom is -0.228 e. The highest BCUT2D eigenvalue weighted by atomic mass is 19.1. The quantitative estimate of drug-likeness (QED) is 0.596. The molecule has 0 bridgehead atoms. The molecule has 2 heteroatoms. The lowest BCUT2D eigenvalue weighted by Gasteiger charge is -2.06. The first-order chi connectivity index (χ1) is 6.38. The molecule has 13 heavy (non-hydrogen) atoms. The third kappa shape index (κ3) is 1.66. The van der Waals surface area contributed by atoms with Gasteiger partial charge in [0.2, 0.25) is 5.95 Å². The first kappa shape index (κ1) is 8.17. The summed E-state index contributed by atoms with van der Waals surface area (Å²) in [5, 5.41) is 0. The smallest absolute Gasteiger partial charge is 0.220 e. The van der Waals surface area contributed by atoms with Crippen LogP contribution in [0.5, 0.6) is 0 Å². The van der Waals surface area contributed by atoms with Crippen LogP contribution < -0.4 is 0 Å².